The lowest BCUT2D eigenvalue weighted by Crippen LogP contribution is -2.36. The number of halogens is 1. The summed E-state index contributed by atoms with van der Waals surface area (Å²) < 4.78 is 13.5. The first-order chi connectivity index (χ1) is 9.08. The summed E-state index contributed by atoms with van der Waals surface area (Å²) in [7, 11) is 0. The maximum absolute atomic E-state index is 13.5. The molecule has 0 unspecified atom stereocenters. The molecular weight excluding hydrogens is 263 g/mol. The molecule has 0 radical (unpaired) electrons. The van der Waals surface area contributed by atoms with Crippen molar-refractivity contribution >= 4 is 23.1 Å². The summed E-state index contributed by atoms with van der Waals surface area (Å²) in [5, 5.41) is 0. The normalized spacial score (nSPS) is 14.2. The minimum atomic E-state index is -0.332. The first-order valence-electron chi connectivity index (χ1n) is 6.39. The third-order valence-corrected chi connectivity index (χ3v) is 3.41. The Balaban J connectivity index is 1.99. The molecule has 0 aromatic heterocycles. The Morgan fingerprint density at radius 3 is 2.68 bits per heavy atom. The summed E-state index contributed by atoms with van der Waals surface area (Å²) in [6.07, 6.45) is 2.65. The molecule has 1 aromatic rings. The van der Waals surface area contributed by atoms with Crippen molar-refractivity contribution in [2.24, 2.45) is 5.73 Å². The van der Waals surface area contributed by atoms with Crippen LogP contribution in [0.1, 0.15) is 24.8 Å². The maximum atomic E-state index is 13.5. The van der Waals surface area contributed by atoms with E-state index in [0.717, 1.165) is 12.8 Å². The molecule has 5 heteroatoms. The van der Waals surface area contributed by atoms with Crippen LogP contribution in [0.5, 0.6) is 0 Å². The first kappa shape index (κ1) is 13.9. The van der Waals surface area contributed by atoms with Crippen molar-refractivity contribution in [3.63, 3.8) is 0 Å². The van der Waals surface area contributed by atoms with Gasteiger partial charge in [0.05, 0.1) is 11.4 Å². The Kier molecular flexibility index (Phi) is 4.47. The average molecular weight is 280 g/mol. The van der Waals surface area contributed by atoms with E-state index in [-0.39, 0.29) is 24.2 Å². The zero-order chi connectivity index (χ0) is 13.8. The van der Waals surface area contributed by atoms with E-state index in [1.54, 1.807) is 23.1 Å². The minimum Gasteiger partial charge on any atom is -0.393 e. The smallest absolute Gasteiger partial charge is 0.227 e. The van der Waals surface area contributed by atoms with Crippen molar-refractivity contribution < 1.29 is 9.18 Å². The van der Waals surface area contributed by atoms with Crippen LogP contribution in [-0.2, 0) is 11.2 Å². The van der Waals surface area contributed by atoms with Crippen LogP contribution in [0.15, 0.2) is 24.3 Å². The molecule has 1 aliphatic carbocycles. The van der Waals surface area contributed by atoms with Crippen molar-refractivity contribution in [1.82, 2.24) is 4.90 Å². The molecule has 0 atom stereocenters. The van der Waals surface area contributed by atoms with Crippen LogP contribution in [0.4, 0.5) is 4.39 Å². The zero-order valence-electron chi connectivity index (χ0n) is 10.6. The number of carbonyl (C=O) groups is 1. The number of hydrogen-bond acceptors (Lipinski definition) is 2. The van der Waals surface area contributed by atoms with E-state index in [9.17, 15) is 9.18 Å². The minimum absolute atomic E-state index is 0.0520. The third kappa shape index (κ3) is 3.99. The molecule has 1 amide bonds. The van der Waals surface area contributed by atoms with Crippen molar-refractivity contribution in [2.45, 2.75) is 31.7 Å². The number of nitrogens with zero attached hydrogens (tertiary/aromatic N) is 1. The molecule has 2 rings (SSSR count). The van der Waals surface area contributed by atoms with E-state index in [1.165, 1.54) is 6.07 Å². The second-order valence-corrected chi connectivity index (χ2v) is 5.33. The summed E-state index contributed by atoms with van der Waals surface area (Å²) in [5.41, 5.74) is 5.91. The average Bonchev–Trinajstić information content (AvgIpc) is 3.16. The van der Waals surface area contributed by atoms with Gasteiger partial charge in [-0.3, -0.25) is 4.79 Å². The van der Waals surface area contributed by atoms with Gasteiger partial charge >= 0.3 is 0 Å². The molecule has 3 nitrogen and oxygen atoms in total. The highest BCUT2D eigenvalue weighted by atomic mass is 32.1. The van der Waals surface area contributed by atoms with E-state index in [0.29, 0.717) is 23.5 Å². The van der Waals surface area contributed by atoms with Crippen LogP contribution >= 0.6 is 12.2 Å². The summed E-state index contributed by atoms with van der Waals surface area (Å²) in [5.74, 6) is -0.384. The Hall–Kier alpha value is -1.49. The van der Waals surface area contributed by atoms with E-state index >= 15 is 0 Å². The fourth-order valence-corrected chi connectivity index (χ4v) is 2.13. The van der Waals surface area contributed by atoms with Crippen molar-refractivity contribution in [3.05, 3.63) is 35.6 Å². The summed E-state index contributed by atoms with van der Waals surface area (Å²) in [6, 6.07) is 6.66. The topological polar surface area (TPSA) is 46.3 Å². The highest BCUT2D eigenvalue weighted by Crippen LogP contribution is 2.27. The van der Waals surface area contributed by atoms with Gasteiger partial charge in [-0.15, -0.1) is 0 Å². The van der Waals surface area contributed by atoms with Gasteiger partial charge in [0.15, 0.2) is 0 Å². The van der Waals surface area contributed by atoms with Gasteiger partial charge < -0.3 is 10.6 Å². The highest BCUT2D eigenvalue weighted by molar-refractivity contribution is 7.80. The Bertz CT molecular complexity index is 488. The fourth-order valence-electron chi connectivity index (χ4n) is 2.03. The van der Waals surface area contributed by atoms with E-state index in [4.69, 9.17) is 18.0 Å². The number of rotatable bonds is 6. The lowest BCUT2D eigenvalue weighted by Gasteiger charge is -2.22. The lowest BCUT2D eigenvalue weighted by atomic mass is 10.1. The molecule has 1 fully saturated rings. The van der Waals surface area contributed by atoms with Crippen LogP contribution in [0.25, 0.3) is 0 Å². The highest BCUT2D eigenvalue weighted by Gasteiger charge is 2.32. The Labute approximate surface area is 117 Å². The molecule has 0 spiro atoms. The number of benzene rings is 1. The fraction of sp³-hybridized carbons (Fsp3) is 0.429. The van der Waals surface area contributed by atoms with Crippen molar-refractivity contribution in [2.75, 3.05) is 6.54 Å². The molecule has 1 aliphatic rings. The number of carbonyl (C=O) groups excluding carboxylic acids is 1. The second kappa shape index (κ2) is 6.10. The van der Waals surface area contributed by atoms with Crippen LogP contribution in [0, 0.1) is 5.82 Å². The Morgan fingerprint density at radius 2 is 2.11 bits per heavy atom. The first-order valence-corrected chi connectivity index (χ1v) is 6.80. The largest absolute Gasteiger partial charge is 0.393 e. The van der Waals surface area contributed by atoms with Gasteiger partial charge in [0.1, 0.15) is 5.82 Å². The third-order valence-electron chi connectivity index (χ3n) is 3.21. The van der Waals surface area contributed by atoms with Crippen LogP contribution < -0.4 is 5.73 Å². The molecular formula is C14H17FN2OS. The standard InChI is InChI=1S/C14H17FN2OS/c15-12-4-2-1-3-10(12)9-14(18)17(11-5-6-11)8-7-13(16)19/h1-4,11H,5-9H2,(H2,16,19). The summed E-state index contributed by atoms with van der Waals surface area (Å²) in [4.78, 5) is 14.4. The lowest BCUT2D eigenvalue weighted by molar-refractivity contribution is -0.131. The predicted molar refractivity (Wildman–Crippen MR) is 76.2 cm³/mol. The van der Waals surface area contributed by atoms with Crippen molar-refractivity contribution in [3.8, 4) is 0 Å². The predicted octanol–water partition coefficient (Wildman–Crippen LogP) is 2.04. The summed E-state index contributed by atoms with van der Waals surface area (Å²) >= 11 is 4.84. The SMILES string of the molecule is NC(=S)CCN(C(=O)Cc1ccccc1F)C1CC1. The van der Waals surface area contributed by atoms with Crippen molar-refractivity contribution in [1.29, 1.82) is 0 Å². The molecule has 102 valence electrons. The number of thiocarbonyl (C=S) groups is 1. The number of amides is 1. The second-order valence-electron chi connectivity index (χ2n) is 4.80. The monoisotopic (exact) mass is 280 g/mol. The molecule has 19 heavy (non-hydrogen) atoms. The molecule has 0 saturated heterocycles. The van der Waals surface area contributed by atoms with Gasteiger partial charge in [-0.05, 0) is 24.5 Å². The quantitative estimate of drug-likeness (QED) is 0.811. The summed E-state index contributed by atoms with van der Waals surface area (Å²) in [6.45, 7) is 0.535. The van der Waals surface area contributed by atoms with E-state index in [2.05, 4.69) is 0 Å². The van der Waals surface area contributed by atoms with Gasteiger partial charge in [0, 0.05) is 19.0 Å². The van der Waals surface area contributed by atoms with E-state index in [1.807, 2.05) is 0 Å². The van der Waals surface area contributed by atoms with Gasteiger partial charge in [-0.1, -0.05) is 30.4 Å². The van der Waals surface area contributed by atoms with Crippen LogP contribution in [0.2, 0.25) is 0 Å². The van der Waals surface area contributed by atoms with Crippen LogP contribution in [-0.4, -0.2) is 28.4 Å². The van der Waals surface area contributed by atoms with Gasteiger partial charge in [-0.2, -0.15) is 0 Å². The molecule has 2 N–H and O–H groups in total. The number of nitrogens with two attached hydrogens (primary N) is 1. The zero-order valence-corrected chi connectivity index (χ0v) is 11.5. The molecule has 1 aromatic carbocycles. The number of hydrogen-bond donors (Lipinski definition) is 1. The molecule has 1 saturated carbocycles. The van der Waals surface area contributed by atoms with Gasteiger partial charge in [0.25, 0.3) is 0 Å². The molecule has 0 heterocycles. The molecule has 0 aliphatic heterocycles. The van der Waals surface area contributed by atoms with Gasteiger partial charge in [-0.25, -0.2) is 4.39 Å². The maximum Gasteiger partial charge on any atom is 0.227 e. The van der Waals surface area contributed by atoms with Crippen LogP contribution in [0.3, 0.4) is 0 Å². The Morgan fingerprint density at radius 1 is 1.42 bits per heavy atom. The molecule has 0 bridgehead atoms. The van der Waals surface area contributed by atoms with Gasteiger partial charge in [0.2, 0.25) is 5.91 Å². The van der Waals surface area contributed by atoms with E-state index < -0.39 is 0 Å².